The lowest BCUT2D eigenvalue weighted by Crippen LogP contribution is -2.52. The smallest absolute Gasteiger partial charge is 0.0741 e. The first kappa shape index (κ1) is 9.96. The van der Waals surface area contributed by atoms with E-state index in [1.54, 1.807) is 0 Å². The molecule has 1 aliphatic rings. The molecular formula is C9H19NO2. The van der Waals surface area contributed by atoms with E-state index in [1.165, 1.54) is 0 Å². The van der Waals surface area contributed by atoms with Crippen LogP contribution in [0.4, 0.5) is 0 Å². The Morgan fingerprint density at radius 2 is 2.08 bits per heavy atom. The van der Waals surface area contributed by atoms with Gasteiger partial charge < -0.3 is 15.6 Å². The molecule has 0 amide bonds. The molecule has 1 rings (SSSR count). The van der Waals surface area contributed by atoms with Crippen LogP contribution < -0.4 is 5.73 Å². The van der Waals surface area contributed by atoms with Crippen molar-refractivity contribution >= 4 is 0 Å². The minimum atomic E-state index is -0.402. The van der Waals surface area contributed by atoms with Gasteiger partial charge in [-0.15, -0.1) is 0 Å². The van der Waals surface area contributed by atoms with Gasteiger partial charge in [0.05, 0.1) is 24.4 Å². The summed E-state index contributed by atoms with van der Waals surface area (Å²) in [4.78, 5) is 0. The van der Waals surface area contributed by atoms with Gasteiger partial charge in [-0.1, -0.05) is 13.8 Å². The van der Waals surface area contributed by atoms with Crippen LogP contribution in [0, 0.1) is 5.92 Å². The van der Waals surface area contributed by atoms with E-state index < -0.39 is 6.10 Å². The van der Waals surface area contributed by atoms with Gasteiger partial charge in [0.2, 0.25) is 0 Å². The second kappa shape index (κ2) is 3.73. The number of rotatable bonds is 1. The van der Waals surface area contributed by atoms with Crippen LogP contribution in [-0.2, 0) is 4.74 Å². The first-order chi connectivity index (χ1) is 5.52. The van der Waals surface area contributed by atoms with Crippen LogP contribution in [-0.4, -0.2) is 29.5 Å². The molecule has 4 atom stereocenters. The maximum atomic E-state index is 9.56. The van der Waals surface area contributed by atoms with E-state index >= 15 is 0 Å². The van der Waals surface area contributed by atoms with Crippen molar-refractivity contribution in [2.75, 3.05) is 0 Å². The monoisotopic (exact) mass is 173 g/mol. The van der Waals surface area contributed by atoms with E-state index in [4.69, 9.17) is 10.5 Å². The maximum Gasteiger partial charge on any atom is 0.0741 e. The molecule has 0 aromatic carbocycles. The van der Waals surface area contributed by atoms with Crippen LogP contribution in [0.5, 0.6) is 0 Å². The van der Waals surface area contributed by atoms with Crippen LogP contribution in [0.1, 0.15) is 27.2 Å². The summed E-state index contributed by atoms with van der Waals surface area (Å²) in [5, 5.41) is 9.56. The number of aliphatic hydroxyl groups is 1. The predicted molar refractivity (Wildman–Crippen MR) is 47.8 cm³/mol. The standard InChI is InChI=1S/C9H19NO2/c1-5(2)8-4-7(11)9(10)6(3)12-8/h5-9,11H,4,10H2,1-3H3/t6?,7-,8+,9+/m1/s1. The maximum absolute atomic E-state index is 9.56. The molecule has 1 unspecified atom stereocenters. The third-order valence-corrected chi connectivity index (χ3v) is 2.59. The minimum absolute atomic E-state index is 0.0267. The predicted octanol–water partition coefficient (Wildman–Crippen LogP) is 0.508. The Kier molecular flexibility index (Phi) is 3.09. The van der Waals surface area contributed by atoms with Crippen molar-refractivity contribution in [3.05, 3.63) is 0 Å². The van der Waals surface area contributed by atoms with Crippen molar-refractivity contribution < 1.29 is 9.84 Å². The number of hydrogen-bond donors (Lipinski definition) is 2. The van der Waals surface area contributed by atoms with Gasteiger partial charge in [0.25, 0.3) is 0 Å². The van der Waals surface area contributed by atoms with Crippen molar-refractivity contribution in [3.8, 4) is 0 Å². The van der Waals surface area contributed by atoms with E-state index in [9.17, 15) is 5.11 Å². The van der Waals surface area contributed by atoms with Crippen LogP contribution in [0.25, 0.3) is 0 Å². The zero-order valence-corrected chi connectivity index (χ0v) is 8.03. The fourth-order valence-electron chi connectivity index (χ4n) is 1.56. The van der Waals surface area contributed by atoms with Crippen LogP contribution >= 0.6 is 0 Å². The molecule has 1 saturated heterocycles. The quantitative estimate of drug-likeness (QED) is 0.607. The highest BCUT2D eigenvalue weighted by Crippen LogP contribution is 2.23. The minimum Gasteiger partial charge on any atom is -0.391 e. The molecule has 0 spiro atoms. The number of aliphatic hydroxyl groups excluding tert-OH is 1. The van der Waals surface area contributed by atoms with Gasteiger partial charge in [-0.05, 0) is 12.8 Å². The van der Waals surface area contributed by atoms with Crippen molar-refractivity contribution in [1.29, 1.82) is 0 Å². The van der Waals surface area contributed by atoms with Crippen LogP contribution in [0.15, 0.2) is 0 Å². The van der Waals surface area contributed by atoms with Crippen molar-refractivity contribution in [3.63, 3.8) is 0 Å². The van der Waals surface area contributed by atoms with E-state index in [0.29, 0.717) is 12.3 Å². The molecule has 1 aliphatic heterocycles. The van der Waals surface area contributed by atoms with Gasteiger partial charge in [0, 0.05) is 6.42 Å². The van der Waals surface area contributed by atoms with E-state index in [-0.39, 0.29) is 18.2 Å². The second-order valence-electron chi connectivity index (χ2n) is 4.00. The summed E-state index contributed by atoms with van der Waals surface area (Å²) >= 11 is 0. The van der Waals surface area contributed by atoms with Gasteiger partial charge in [-0.25, -0.2) is 0 Å². The summed E-state index contributed by atoms with van der Waals surface area (Å²) in [7, 11) is 0. The highest BCUT2D eigenvalue weighted by molar-refractivity contribution is 4.86. The van der Waals surface area contributed by atoms with Gasteiger partial charge in [0.1, 0.15) is 0 Å². The molecule has 12 heavy (non-hydrogen) atoms. The summed E-state index contributed by atoms with van der Waals surface area (Å²) in [6, 6.07) is -0.222. The summed E-state index contributed by atoms with van der Waals surface area (Å²) in [5.74, 6) is 0.453. The van der Waals surface area contributed by atoms with Gasteiger partial charge in [-0.2, -0.15) is 0 Å². The highest BCUT2D eigenvalue weighted by atomic mass is 16.5. The Hall–Kier alpha value is -0.120. The zero-order chi connectivity index (χ0) is 9.30. The molecule has 0 aromatic heterocycles. The Labute approximate surface area is 73.9 Å². The normalized spacial score (nSPS) is 43.5. The molecule has 1 fully saturated rings. The van der Waals surface area contributed by atoms with Crippen molar-refractivity contribution in [2.45, 2.75) is 51.5 Å². The van der Waals surface area contributed by atoms with Crippen LogP contribution in [0.3, 0.4) is 0 Å². The topological polar surface area (TPSA) is 55.5 Å². The Bertz CT molecular complexity index is 137. The van der Waals surface area contributed by atoms with Crippen molar-refractivity contribution in [1.82, 2.24) is 0 Å². The SMILES string of the molecule is CC(C)[C@@H]1C[C@@H](O)[C@@H](N)C(C)O1. The van der Waals surface area contributed by atoms with E-state index in [0.717, 1.165) is 0 Å². The fraction of sp³-hybridized carbons (Fsp3) is 1.00. The average molecular weight is 173 g/mol. The number of nitrogens with two attached hydrogens (primary N) is 1. The van der Waals surface area contributed by atoms with Crippen LogP contribution in [0.2, 0.25) is 0 Å². The molecular weight excluding hydrogens is 154 g/mol. The number of hydrogen-bond acceptors (Lipinski definition) is 3. The Morgan fingerprint density at radius 3 is 2.50 bits per heavy atom. The molecule has 3 N–H and O–H groups in total. The Morgan fingerprint density at radius 1 is 1.50 bits per heavy atom. The Balaban J connectivity index is 2.53. The summed E-state index contributed by atoms with van der Waals surface area (Å²) < 4.78 is 5.65. The summed E-state index contributed by atoms with van der Waals surface area (Å²) in [6.07, 6.45) is 0.403. The largest absolute Gasteiger partial charge is 0.391 e. The number of ether oxygens (including phenoxy) is 1. The average Bonchev–Trinajstić information content (AvgIpc) is 1.99. The third-order valence-electron chi connectivity index (χ3n) is 2.59. The molecule has 0 bridgehead atoms. The molecule has 0 aromatic rings. The van der Waals surface area contributed by atoms with Gasteiger partial charge in [0.15, 0.2) is 0 Å². The van der Waals surface area contributed by atoms with E-state index in [2.05, 4.69) is 13.8 Å². The molecule has 3 nitrogen and oxygen atoms in total. The summed E-state index contributed by atoms with van der Waals surface area (Å²) in [5.41, 5.74) is 5.71. The third kappa shape index (κ3) is 1.97. The molecule has 3 heteroatoms. The lowest BCUT2D eigenvalue weighted by molar-refractivity contribution is -0.116. The van der Waals surface area contributed by atoms with Gasteiger partial charge in [-0.3, -0.25) is 0 Å². The first-order valence-corrected chi connectivity index (χ1v) is 4.61. The molecule has 1 heterocycles. The highest BCUT2D eigenvalue weighted by Gasteiger charge is 2.33. The first-order valence-electron chi connectivity index (χ1n) is 4.61. The molecule has 0 radical (unpaired) electrons. The molecule has 72 valence electrons. The van der Waals surface area contributed by atoms with Gasteiger partial charge >= 0.3 is 0 Å². The lowest BCUT2D eigenvalue weighted by atomic mass is 9.92. The molecule has 0 saturated carbocycles. The fourth-order valence-corrected chi connectivity index (χ4v) is 1.56. The van der Waals surface area contributed by atoms with Crippen molar-refractivity contribution in [2.24, 2.45) is 11.7 Å². The zero-order valence-electron chi connectivity index (χ0n) is 8.03. The van der Waals surface area contributed by atoms with E-state index in [1.807, 2.05) is 6.92 Å². The second-order valence-corrected chi connectivity index (χ2v) is 4.00. The summed E-state index contributed by atoms with van der Waals surface area (Å²) in [6.45, 7) is 6.12. The lowest BCUT2D eigenvalue weighted by Gasteiger charge is -2.38. The molecule has 0 aliphatic carbocycles.